The number of fused-ring (bicyclic) bond motifs is 1. The molecule has 0 saturated heterocycles. The Labute approximate surface area is 78.2 Å². The van der Waals surface area contributed by atoms with Crippen LogP contribution in [-0.4, -0.2) is 5.54 Å². The predicted octanol–water partition coefficient (Wildman–Crippen LogP) is 2.50. The van der Waals surface area contributed by atoms with E-state index in [4.69, 9.17) is 5.26 Å². The van der Waals surface area contributed by atoms with Crippen LogP contribution < -0.4 is 5.32 Å². The van der Waals surface area contributed by atoms with Crippen molar-refractivity contribution in [1.82, 2.24) is 0 Å². The molecule has 1 aliphatic heterocycles. The molecular formula is C11H12N2. The van der Waals surface area contributed by atoms with Gasteiger partial charge in [0.2, 0.25) is 0 Å². The standard InChI is InChI=1S/C11H12N2/c1-11(2)9(7-12)8-5-3-4-6-10(8)13-11/h3-6,9,13H,1-2H3. The summed E-state index contributed by atoms with van der Waals surface area (Å²) in [5.41, 5.74) is 2.08. The van der Waals surface area contributed by atoms with E-state index in [0.29, 0.717) is 0 Å². The van der Waals surface area contributed by atoms with Crippen LogP contribution in [0.25, 0.3) is 0 Å². The first-order valence-electron chi connectivity index (χ1n) is 4.42. The predicted molar refractivity (Wildman–Crippen MR) is 52.5 cm³/mol. The second-order valence-corrected chi connectivity index (χ2v) is 4.00. The molecule has 1 aliphatic rings. The van der Waals surface area contributed by atoms with Crippen molar-refractivity contribution < 1.29 is 0 Å². The average molecular weight is 172 g/mol. The molecule has 1 N–H and O–H groups in total. The van der Waals surface area contributed by atoms with E-state index in [9.17, 15) is 0 Å². The minimum absolute atomic E-state index is 0.0382. The highest BCUT2D eigenvalue weighted by Gasteiger charge is 2.38. The Kier molecular flexibility index (Phi) is 1.56. The Morgan fingerprint density at radius 1 is 1.38 bits per heavy atom. The first kappa shape index (κ1) is 8.12. The molecule has 0 saturated carbocycles. The number of nitriles is 1. The lowest BCUT2D eigenvalue weighted by molar-refractivity contribution is 0.546. The van der Waals surface area contributed by atoms with Gasteiger partial charge in [0.1, 0.15) is 0 Å². The third-order valence-electron chi connectivity index (χ3n) is 2.58. The van der Waals surface area contributed by atoms with Gasteiger partial charge in [-0.2, -0.15) is 5.26 Å². The van der Waals surface area contributed by atoms with Crippen molar-refractivity contribution in [2.45, 2.75) is 25.3 Å². The SMILES string of the molecule is CC1(C)Nc2ccccc2C1C#N. The first-order chi connectivity index (χ1) is 6.15. The van der Waals surface area contributed by atoms with Crippen LogP contribution in [0.3, 0.4) is 0 Å². The van der Waals surface area contributed by atoms with Gasteiger partial charge in [0, 0.05) is 5.69 Å². The van der Waals surface area contributed by atoms with Gasteiger partial charge in [-0.05, 0) is 25.5 Å². The van der Waals surface area contributed by atoms with Crippen LogP contribution in [0.15, 0.2) is 24.3 Å². The summed E-state index contributed by atoms with van der Waals surface area (Å²) in [5.74, 6) is -0.0382. The van der Waals surface area contributed by atoms with Crippen LogP contribution in [0.1, 0.15) is 25.3 Å². The molecule has 1 heterocycles. The van der Waals surface area contributed by atoms with E-state index >= 15 is 0 Å². The fourth-order valence-electron chi connectivity index (χ4n) is 1.90. The van der Waals surface area contributed by atoms with Crippen molar-refractivity contribution in [2.24, 2.45) is 0 Å². The van der Waals surface area contributed by atoms with Crippen LogP contribution in [0.4, 0.5) is 5.69 Å². The van der Waals surface area contributed by atoms with Crippen molar-refractivity contribution in [3.8, 4) is 6.07 Å². The van der Waals surface area contributed by atoms with Gasteiger partial charge in [-0.1, -0.05) is 18.2 Å². The summed E-state index contributed by atoms with van der Waals surface area (Å²) in [6.07, 6.45) is 0. The van der Waals surface area contributed by atoms with Gasteiger partial charge in [-0.3, -0.25) is 0 Å². The number of hydrogen-bond donors (Lipinski definition) is 1. The number of nitrogens with zero attached hydrogens (tertiary/aromatic N) is 1. The lowest BCUT2D eigenvalue weighted by Gasteiger charge is -2.22. The average Bonchev–Trinajstić information content (AvgIpc) is 2.33. The number of anilines is 1. The van der Waals surface area contributed by atoms with E-state index in [-0.39, 0.29) is 11.5 Å². The zero-order chi connectivity index (χ0) is 9.47. The third-order valence-corrected chi connectivity index (χ3v) is 2.58. The number of nitrogens with one attached hydrogen (secondary N) is 1. The molecule has 1 aromatic carbocycles. The molecule has 0 aromatic heterocycles. The summed E-state index contributed by atoms with van der Waals surface area (Å²) < 4.78 is 0. The molecular weight excluding hydrogens is 160 g/mol. The van der Waals surface area contributed by atoms with Crippen LogP contribution in [0.5, 0.6) is 0 Å². The summed E-state index contributed by atoms with van der Waals surface area (Å²) in [7, 11) is 0. The lowest BCUT2D eigenvalue weighted by Crippen LogP contribution is -2.31. The second-order valence-electron chi connectivity index (χ2n) is 4.00. The van der Waals surface area contributed by atoms with Crippen LogP contribution in [0.2, 0.25) is 0 Å². The first-order valence-corrected chi connectivity index (χ1v) is 4.42. The van der Waals surface area contributed by atoms with E-state index in [1.807, 2.05) is 24.3 Å². The van der Waals surface area contributed by atoms with Crippen LogP contribution >= 0.6 is 0 Å². The number of para-hydroxylation sites is 1. The third kappa shape index (κ3) is 1.08. The molecule has 0 fully saturated rings. The molecule has 66 valence electrons. The van der Waals surface area contributed by atoms with Gasteiger partial charge < -0.3 is 5.32 Å². The monoisotopic (exact) mass is 172 g/mol. The molecule has 1 aromatic rings. The molecule has 0 amide bonds. The van der Waals surface area contributed by atoms with Gasteiger partial charge in [0.05, 0.1) is 17.5 Å². The molecule has 1 atom stereocenters. The maximum absolute atomic E-state index is 9.06. The van der Waals surface area contributed by atoms with Gasteiger partial charge in [-0.25, -0.2) is 0 Å². The maximum Gasteiger partial charge on any atom is 0.0956 e. The summed E-state index contributed by atoms with van der Waals surface area (Å²) in [6.45, 7) is 4.11. The van der Waals surface area contributed by atoms with Crippen molar-refractivity contribution in [3.05, 3.63) is 29.8 Å². The molecule has 2 rings (SSSR count). The van der Waals surface area contributed by atoms with Gasteiger partial charge in [-0.15, -0.1) is 0 Å². The Morgan fingerprint density at radius 3 is 2.77 bits per heavy atom. The zero-order valence-electron chi connectivity index (χ0n) is 7.83. The zero-order valence-corrected chi connectivity index (χ0v) is 7.83. The molecule has 0 bridgehead atoms. The molecule has 0 radical (unpaired) electrons. The Balaban J connectivity index is 2.54. The Bertz CT molecular complexity index is 374. The quantitative estimate of drug-likeness (QED) is 0.652. The lowest BCUT2D eigenvalue weighted by atomic mass is 9.87. The Morgan fingerprint density at radius 2 is 2.08 bits per heavy atom. The van der Waals surface area contributed by atoms with Gasteiger partial charge >= 0.3 is 0 Å². The van der Waals surface area contributed by atoms with E-state index in [2.05, 4.69) is 25.2 Å². The summed E-state index contributed by atoms with van der Waals surface area (Å²) in [5, 5.41) is 12.4. The van der Waals surface area contributed by atoms with E-state index in [1.165, 1.54) is 0 Å². The fraction of sp³-hybridized carbons (Fsp3) is 0.364. The molecule has 13 heavy (non-hydrogen) atoms. The van der Waals surface area contributed by atoms with Gasteiger partial charge in [0.15, 0.2) is 0 Å². The van der Waals surface area contributed by atoms with Crippen molar-refractivity contribution in [1.29, 1.82) is 5.26 Å². The smallest absolute Gasteiger partial charge is 0.0956 e. The normalized spacial score (nSPS) is 23.0. The molecule has 0 aliphatic carbocycles. The minimum Gasteiger partial charge on any atom is -0.378 e. The largest absolute Gasteiger partial charge is 0.378 e. The topological polar surface area (TPSA) is 35.8 Å². The van der Waals surface area contributed by atoms with E-state index < -0.39 is 0 Å². The van der Waals surface area contributed by atoms with Crippen molar-refractivity contribution >= 4 is 5.69 Å². The number of hydrogen-bond acceptors (Lipinski definition) is 2. The number of benzene rings is 1. The highest BCUT2D eigenvalue weighted by molar-refractivity contribution is 5.63. The van der Waals surface area contributed by atoms with E-state index in [1.54, 1.807) is 0 Å². The van der Waals surface area contributed by atoms with Gasteiger partial charge in [0.25, 0.3) is 0 Å². The van der Waals surface area contributed by atoms with Crippen LogP contribution in [-0.2, 0) is 0 Å². The summed E-state index contributed by atoms with van der Waals surface area (Å²) in [6, 6.07) is 10.4. The van der Waals surface area contributed by atoms with Crippen LogP contribution in [0, 0.1) is 11.3 Å². The minimum atomic E-state index is -0.140. The molecule has 1 unspecified atom stereocenters. The number of rotatable bonds is 0. The summed E-state index contributed by atoms with van der Waals surface area (Å²) >= 11 is 0. The fourth-order valence-corrected chi connectivity index (χ4v) is 1.90. The van der Waals surface area contributed by atoms with E-state index in [0.717, 1.165) is 11.3 Å². The molecule has 2 heteroatoms. The summed E-state index contributed by atoms with van der Waals surface area (Å²) in [4.78, 5) is 0. The highest BCUT2D eigenvalue weighted by Crippen LogP contribution is 2.41. The van der Waals surface area contributed by atoms with Crippen molar-refractivity contribution in [3.63, 3.8) is 0 Å². The Hall–Kier alpha value is -1.49. The van der Waals surface area contributed by atoms with Crippen molar-refractivity contribution in [2.75, 3.05) is 5.32 Å². The maximum atomic E-state index is 9.06. The molecule has 0 spiro atoms. The second kappa shape index (κ2) is 2.50. The molecule has 2 nitrogen and oxygen atoms in total. The highest BCUT2D eigenvalue weighted by atomic mass is 15.0.